The number of carbonyl (C=O) groups is 2. The van der Waals surface area contributed by atoms with Crippen molar-refractivity contribution >= 4 is 17.7 Å². The average Bonchev–Trinajstić information content (AvgIpc) is 2.48. The van der Waals surface area contributed by atoms with Crippen LogP contribution in [0, 0.1) is 0 Å². The maximum atomic E-state index is 12.0. The van der Waals surface area contributed by atoms with Gasteiger partial charge in [0.05, 0.1) is 7.11 Å². The Labute approximate surface area is 110 Å². The molecule has 0 unspecified atom stereocenters. The summed E-state index contributed by atoms with van der Waals surface area (Å²) in [6, 6.07) is 11.8. The van der Waals surface area contributed by atoms with Crippen molar-refractivity contribution in [2.45, 2.75) is 0 Å². The fraction of sp³-hybridized carbons (Fsp3) is 0.0714. The summed E-state index contributed by atoms with van der Waals surface area (Å²) >= 11 is 0. The van der Waals surface area contributed by atoms with E-state index in [0.717, 1.165) is 0 Å². The van der Waals surface area contributed by atoms with E-state index in [1.54, 1.807) is 36.4 Å². The maximum Gasteiger partial charge on any atom is 0.341 e. The number of nitrogens with zero attached hydrogens (tertiary/aromatic N) is 1. The predicted molar refractivity (Wildman–Crippen MR) is 70.0 cm³/mol. The standard InChI is InChI=1S/C14H12N2O3/c1-19-14(18)11-8-5-9-15-12(11)16-13(17)10-6-3-2-4-7-10/h2-9H,1H3,(H,15,16,17). The molecule has 0 atom stereocenters. The highest BCUT2D eigenvalue weighted by molar-refractivity contribution is 6.07. The molecule has 0 bridgehead atoms. The lowest BCUT2D eigenvalue weighted by atomic mass is 10.2. The number of hydrogen-bond acceptors (Lipinski definition) is 4. The first kappa shape index (κ1) is 12.8. The van der Waals surface area contributed by atoms with Crippen LogP contribution in [-0.2, 0) is 4.74 Å². The van der Waals surface area contributed by atoms with E-state index in [1.807, 2.05) is 6.07 Å². The lowest BCUT2D eigenvalue weighted by Gasteiger charge is -2.08. The van der Waals surface area contributed by atoms with Gasteiger partial charge in [-0.05, 0) is 24.3 Å². The van der Waals surface area contributed by atoms with Gasteiger partial charge in [0, 0.05) is 11.8 Å². The minimum Gasteiger partial charge on any atom is -0.465 e. The van der Waals surface area contributed by atoms with E-state index in [-0.39, 0.29) is 17.3 Å². The molecule has 0 aliphatic heterocycles. The number of nitrogens with one attached hydrogen (secondary N) is 1. The second-order valence-electron chi connectivity index (χ2n) is 3.71. The number of aromatic nitrogens is 1. The van der Waals surface area contributed by atoms with E-state index < -0.39 is 5.97 Å². The summed E-state index contributed by atoms with van der Waals surface area (Å²) in [5.41, 5.74) is 0.707. The minimum absolute atomic E-state index is 0.184. The van der Waals surface area contributed by atoms with Crippen molar-refractivity contribution in [3.63, 3.8) is 0 Å². The smallest absolute Gasteiger partial charge is 0.341 e. The Morgan fingerprint density at radius 2 is 1.84 bits per heavy atom. The molecule has 5 nitrogen and oxygen atoms in total. The minimum atomic E-state index is -0.545. The summed E-state index contributed by atoms with van der Waals surface area (Å²) in [7, 11) is 1.28. The van der Waals surface area contributed by atoms with E-state index in [4.69, 9.17) is 0 Å². The maximum absolute atomic E-state index is 12.0. The molecule has 1 amide bonds. The molecule has 1 aromatic carbocycles. The first-order valence-electron chi connectivity index (χ1n) is 5.62. The third-order valence-corrected chi connectivity index (χ3v) is 2.48. The zero-order valence-corrected chi connectivity index (χ0v) is 10.3. The van der Waals surface area contributed by atoms with Crippen molar-refractivity contribution in [2.24, 2.45) is 0 Å². The molecule has 0 aliphatic rings. The fourth-order valence-corrected chi connectivity index (χ4v) is 1.55. The van der Waals surface area contributed by atoms with E-state index >= 15 is 0 Å². The zero-order chi connectivity index (χ0) is 13.7. The number of anilines is 1. The van der Waals surface area contributed by atoms with Gasteiger partial charge in [-0.25, -0.2) is 9.78 Å². The Kier molecular flexibility index (Phi) is 3.87. The number of hydrogen-bond donors (Lipinski definition) is 1. The van der Waals surface area contributed by atoms with Crippen LogP contribution in [-0.4, -0.2) is 24.0 Å². The summed E-state index contributed by atoms with van der Waals surface area (Å²) < 4.78 is 4.63. The highest BCUT2D eigenvalue weighted by Crippen LogP contribution is 2.14. The van der Waals surface area contributed by atoms with Crippen LogP contribution in [0.1, 0.15) is 20.7 Å². The van der Waals surface area contributed by atoms with Crippen LogP contribution in [0.3, 0.4) is 0 Å². The van der Waals surface area contributed by atoms with Gasteiger partial charge in [-0.3, -0.25) is 4.79 Å². The molecule has 1 aromatic heterocycles. The Balaban J connectivity index is 2.25. The van der Waals surface area contributed by atoms with Crippen molar-refractivity contribution < 1.29 is 14.3 Å². The third kappa shape index (κ3) is 2.95. The fourth-order valence-electron chi connectivity index (χ4n) is 1.55. The Bertz CT molecular complexity index is 597. The summed E-state index contributed by atoms with van der Waals surface area (Å²) in [4.78, 5) is 27.5. The van der Waals surface area contributed by atoms with Gasteiger partial charge in [0.1, 0.15) is 11.4 Å². The molecule has 96 valence electrons. The van der Waals surface area contributed by atoms with E-state index in [9.17, 15) is 9.59 Å². The van der Waals surface area contributed by atoms with Crippen LogP contribution in [0.4, 0.5) is 5.82 Å². The first-order chi connectivity index (χ1) is 9.22. The van der Waals surface area contributed by atoms with Crippen molar-refractivity contribution in [1.82, 2.24) is 4.98 Å². The van der Waals surface area contributed by atoms with Crippen molar-refractivity contribution in [3.8, 4) is 0 Å². The predicted octanol–water partition coefficient (Wildman–Crippen LogP) is 2.12. The summed E-state index contributed by atoms with van der Waals surface area (Å²) in [5, 5.41) is 2.59. The highest BCUT2D eigenvalue weighted by Gasteiger charge is 2.15. The SMILES string of the molecule is COC(=O)c1cccnc1NC(=O)c1ccccc1. The van der Waals surface area contributed by atoms with Gasteiger partial charge in [-0.2, -0.15) is 0 Å². The molecule has 0 radical (unpaired) electrons. The van der Waals surface area contributed by atoms with Gasteiger partial charge in [0.2, 0.25) is 0 Å². The topological polar surface area (TPSA) is 68.3 Å². The average molecular weight is 256 g/mol. The number of rotatable bonds is 3. The third-order valence-electron chi connectivity index (χ3n) is 2.48. The lowest BCUT2D eigenvalue weighted by molar-refractivity contribution is 0.0601. The summed E-state index contributed by atoms with van der Waals surface area (Å²) in [6.07, 6.45) is 1.49. The second-order valence-corrected chi connectivity index (χ2v) is 3.71. The highest BCUT2D eigenvalue weighted by atomic mass is 16.5. The Morgan fingerprint density at radius 3 is 2.53 bits per heavy atom. The molecular weight excluding hydrogens is 244 g/mol. The van der Waals surface area contributed by atoms with Gasteiger partial charge in [-0.15, -0.1) is 0 Å². The zero-order valence-electron chi connectivity index (χ0n) is 10.3. The van der Waals surface area contributed by atoms with Crippen molar-refractivity contribution in [3.05, 3.63) is 59.8 Å². The van der Waals surface area contributed by atoms with Crippen LogP contribution in [0.2, 0.25) is 0 Å². The number of benzene rings is 1. The van der Waals surface area contributed by atoms with Crippen LogP contribution < -0.4 is 5.32 Å². The number of carbonyl (C=O) groups excluding carboxylic acids is 2. The second kappa shape index (κ2) is 5.77. The lowest BCUT2D eigenvalue weighted by Crippen LogP contribution is -2.16. The molecule has 0 aliphatic carbocycles. The monoisotopic (exact) mass is 256 g/mol. The number of methoxy groups -OCH3 is 1. The van der Waals surface area contributed by atoms with Crippen LogP contribution in [0.25, 0.3) is 0 Å². The van der Waals surface area contributed by atoms with Crippen molar-refractivity contribution in [1.29, 1.82) is 0 Å². The molecular formula is C14H12N2O3. The molecule has 0 spiro atoms. The van der Waals surface area contributed by atoms with Gasteiger partial charge in [0.25, 0.3) is 5.91 Å². The Hall–Kier alpha value is -2.69. The molecule has 0 saturated heterocycles. The molecule has 0 fully saturated rings. The molecule has 5 heteroatoms. The van der Waals surface area contributed by atoms with Gasteiger partial charge in [0.15, 0.2) is 0 Å². The molecule has 2 aromatic rings. The first-order valence-corrected chi connectivity index (χ1v) is 5.62. The summed E-state index contributed by atoms with van der Waals surface area (Å²) in [6.45, 7) is 0. The largest absolute Gasteiger partial charge is 0.465 e. The van der Waals surface area contributed by atoms with Crippen LogP contribution in [0.5, 0.6) is 0 Å². The van der Waals surface area contributed by atoms with E-state index in [1.165, 1.54) is 13.3 Å². The van der Waals surface area contributed by atoms with E-state index in [0.29, 0.717) is 5.56 Å². The molecule has 19 heavy (non-hydrogen) atoms. The molecule has 0 saturated carbocycles. The van der Waals surface area contributed by atoms with Crippen LogP contribution >= 0.6 is 0 Å². The Morgan fingerprint density at radius 1 is 1.11 bits per heavy atom. The number of esters is 1. The van der Waals surface area contributed by atoms with E-state index in [2.05, 4.69) is 15.0 Å². The molecule has 2 rings (SSSR count). The van der Waals surface area contributed by atoms with Gasteiger partial charge >= 0.3 is 5.97 Å². The molecule has 1 N–H and O–H groups in total. The normalized spacial score (nSPS) is 9.74. The van der Waals surface area contributed by atoms with Crippen LogP contribution in [0.15, 0.2) is 48.7 Å². The number of ether oxygens (including phenoxy) is 1. The quantitative estimate of drug-likeness (QED) is 0.854. The number of pyridine rings is 1. The van der Waals surface area contributed by atoms with Crippen molar-refractivity contribution in [2.75, 3.05) is 12.4 Å². The molecule has 1 heterocycles. The number of amides is 1. The summed E-state index contributed by atoms with van der Waals surface area (Å²) in [5.74, 6) is -0.691. The van der Waals surface area contributed by atoms with Gasteiger partial charge in [-0.1, -0.05) is 18.2 Å². The van der Waals surface area contributed by atoms with Gasteiger partial charge < -0.3 is 10.1 Å².